The fraction of sp³-hybridized carbons (Fsp3) is 1.00. The summed E-state index contributed by atoms with van der Waals surface area (Å²) >= 11 is 0. The van der Waals surface area contributed by atoms with Gasteiger partial charge in [-0.25, -0.2) is 0 Å². The third kappa shape index (κ3) is 2.87. The van der Waals surface area contributed by atoms with E-state index in [9.17, 15) is 0 Å². The molecule has 0 bridgehead atoms. The van der Waals surface area contributed by atoms with Crippen LogP contribution in [0.3, 0.4) is 0 Å². The summed E-state index contributed by atoms with van der Waals surface area (Å²) in [6, 6.07) is 0. The van der Waals surface area contributed by atoms with E-state index in [0.29, 0.717) is 12.0 Å². The van der Waals surface area contributed by atoms with Crippen LogP contribution < -0.4 is 5.73 Å². The highest BCUT2D eigenvalue weighted by Gasteiger charge is 2.43. The summed E-state index contributed by atoms with van der Waals surface area (Å²) in [6.07, 6.45) is 4.91. The van der Waals surface area contributed by atoms with Gasteiger partial charge in [-0.1, -0.05) is 6.92 Å². The standard InChI is InChI=1S/C14H28N2O2/c1-3-13-8-14(11-15,5-7-18-13)16-6-4-12(9-16)10-17-2/h12-13H,3-11,15H2,1-2H3. The Morgan fingerprint density at radius 2 is 2.33 bits per heavy atom. The van der Waals surface area contributed by atoms with Crippen LogP contribution in [0.15, 0.2) is 0 Å². The van der Waals surface area contributed by atoms with Crippen LogP contribution in [-0.2, 0) is 9.47 Å². The predicted octanol–water partition coefficient (Wildman–Crippen LogP) is 1.24. The second-order valence-corrected chi connectivity index (χ2v) is 5.84. The molecule has 0 radical (unpaired) electrons. The van der Waals surface area contributed by atoms with Gasteiger partial charge in [-0.05, 0) is 38.1 Å². The van der Waals surface area contributed by atoms with Crippen molar-refractivity contribution in [3.63, 3.8) is 0 Å². The lowest BCUT2D eigenvalue weighted by Crippen LogP contribution is -2.57. The molecule has 0 amide bonds. The van der Waals surface area contributed by atoms with Crippen LogP contribution in [0.2, 0.25) is 0 Å². The molecule has 0 aromatic rings. The van der Waals surface area contributed by atoms with Crippen molar-refractivity contribution in [2.45, 2.75) is 44.2 Å². The van der Waals surface area contributed by atoms with E-state index in [-0.39, 0.29) is 5.54 Å². The average Bonchev–Trinajstić information content (AvgIpc) is 2.88. The van der Waals surface area contributed by atoms with Gasteiger partial charge in [0, 0.05) is 32.3 Å². The number of likely N-dealkylation sites (tertiary alicyclic amines) is 1. The summed E-state index contributed by atoms with van der Waals surface area (Å²) < 4.78 is 11.1. The topological polar surface area (TPSA) is 47.7 Å². The fourth-order valence-electron chi connectivity index (χ4n) is 3.50. The van der Waals surface area contributed by atoms with Crippen molar-refractivity contribution in [3.05, 3.63) is 0 Å². The Labute approximate surface area is 111 Å². The fourth-order valence-corrected chi connectivity index (χ4v) is 3.50. The zero-order valence-electron chi connectivity index (χ0n) is 11.9. The number of rotatable bonds is 5. The van der Waals surface area contributed by atoms with Crippen molar-refractivity contribution in [2.24, 2.45) is 11.7 Å². The molecule has 2 aliphatic rings. The second-order valence-electron chi connectivity index (χ2n) is 5.84. The van der Waals surface area contributed by atoms with Crippen molar-refractivity contribution in [2.75, 3.05) is 40.0 Å². The molecule has 18 heavy (non-hydrogen) atoms. The molecular formula is C14H28N2O2. The summed E-state index contributed by atoms with van der Waals surface area (Å²) in [4.78, 5) is 2.61. The van der Waals surface area contributed by atoms with Gasteiger partial charge in [-0.2, -0.15) is 0 Å². The van der Waals surface area contributed by atoms with E-state index in [1.807, 2.05) is 0 Å². The first-order valence-electron chi connectivity index (χ1n) is 7.29. The predicted molar refractivity (Wildman–Crippen MR) is 72.6 cm³/mol. The van der Waals surface area contributed by atoms with Crippen LogP contribution in [0.1, 0.15) is 32.6 Å². The zero-order valence-corrected chi connectivity index (χ0v) is 11.9. The Hall–Kier alpha value is -0.160. The number of nitrogens with zero attached hydrogens (tertiary/aromatic N) is 1. The summed E-state index contributed by atoms with van der Waals surface area (Å²) in [5, 5.41) is 0. The highest BCUT2D eigenvalue weighted by molar-refractivity contribution is 4.99. The first kappa shape index (κ1) is 14.3. The molecule has 0 saturated carbocycles. The Morgan fingerprint density at radius 1 is 1.50 bits per heavy atom. The molecule has 2 heterocycles. The van der Waals surface area contributed by atoms with E-state index < -0.39 is 0 Å². The van der Waals surface area contributed by atoms with Crippen LogP contribution in [-0.4, -0.2) is 56.5 Å². The monoisotopic (exact) mass is 256 g/mol. The van der Waals surface area contributed by atoms with Crippen LogP contribution in [0.25, 0.3) is 0 Å². The third-order valence-electron chi connectivity index (χ3n) is 4.72. The van der Waals surface area contributed by atoms with Gasteiger partial charge in [-0.15, -0.1) is 0 Å². The summed E-state index contributed by atoms with van der Waals surface area (Å²) in [7, 11) is 1.79. The molecule has 4 heteroatoms. The molecule has 0 aliphatic carbocycles. The van der Waals surface area contributed by atoms with Crippen molar-refractivity contribution < 1.29 is 9.47 Å². The summed E-state index contributed by atoms with van der Waals surface area (Å²) in [5.41, 5.74) is 6.31. The number of methoxy groups -OCH3 is 1. The molecule has 2 aliphatic heterocycles. The van der Waals surface area contributed by atoms with Gasteiger partial charge in [0.25, 0.3) is 0 Å². The SMILES string of the molecule is CCC1CC(CN)(N2CCC(COC)C2)CCO1. The van der Waals surface area contributed by atoms with E-state index in [0.717, 1.165) is 45.6 Å². The van der Waals surface area contributed by atoms with Crippen molar-refractivity contribution >= 4 is 0 Å². The number of ether oxygens (including phenoxy) is 2. The van der Waals surface area contributed by atoms with Crippen molar-refractivity contribution in [1.82, 2.24) is 4.90 Å². The zero-order chi connectivity index (χ0) is 13.0. The molecule has 2 N–H and O–H groups in total. The lowest BCUT2D eigenvalue weighted by molar-refractivity contribution is -0.0671. The van der Waals surface area contributed by atoms with Gasteiger partial charge in [0.05, 0.1) is 12.7 Å². The van der Waals surface area contributed by atoms with Crippen molar-refractivity contribution in [1.29, 1.82) is 0 Å². The highest BCUT2D eigenvalue weighted by atomic mass is 16.5. The molecule has 4 nitrogen and oxygen atoms in total. The molecule has 2 rings (SSSR count). The first-order valence-corrected chi connectivity index (χ1v) is 7.29. The smallest absolute Gasteiger partial charge is 0.0590 e. The van der Waals surface area contributed by atoms with Gasteiger partial charge in [-0.3, -0.25) is 4.90 Å². The third-order valence-corrected chi connectivity index (χ3v) is 4.72. The van der Waals surface area contributed by atoms with E-state index in [2.05, 4.69) is 11.8 Å². The molecule has 2 fully saturated rings. The van der Waals surface area contributed by atoms with E-state index >= 15 is 0 Å². The van der Waals surface area contributed by atoms with Crippen LogP contribution in [0, 0.1) is 5.92 Å². The molecule has 0 aromatic heterocycles. The lowest BCUT2D eigenvalue weighted by Gasteiger charge is -2.46. The van der Waals surface area contributed by atoms with E-state index in [1.165, 1.54) is 13.0 Å². The number of nitrogens with two attached hydrogens (primary N) is 1. The Morgan fingerprint density at radius 3 is 3.00 bits per heavy atom. The quantitative estimate of drug-likeness (QED) is 0.804. The van der Waals surface area contributed by atoms with Gasteiger partial charge in [0.2, 0.25) is 0 Å². The molecule has 2 saturated heterocycles. The van der Waals surface area contributed by atoms with Gasteiger partial charge in [0.1, 0.15) is 0 Å². The van der Waals surface area contributed by atoms with Gasteiger partial charge >= 0.3 is 0 Å². The summed E-state index contributed by atoms with van der Waals surface area (Å²) in [6.45, 7) is 7.01. The van der Waals surface area contributed by atoms with E-state index in [1.54, 1.807) is 7.11 Å². The normalized spacial score (nSPS) is 38.2. The van der Waals surface area contributed by atoms with Gasteiger partial charge < -0.3 is 15.2 Å². The Balaban J connectivity index is 1.99. The Bertz CT molecular complexity index is 262. The average molecular weight is 256 g/mol. The lowest BCUT2D eigenvalue weighted by atomic mass is 9.84. The van der Waals surface area contributed by atoms with Crippen LogP contribution >= 0.6 is 0 Å². The van der Waals surface area contributed by atoms with Crippen molar-refractivity contribution in [3.8, 4) is 0 Å². The minimum atomic E-state index is 0.182. The molecule has 3 atom stereocenters. The van der Waals surface area contributed by atoms with Crippen LogP contribution in [0.4, 0.5) is 0 Å². The van der Waals surface area contributed by atoms with E-state index in [4.69, 9.17) is 15.2 Å². The largest absolute Gasteiger partial charge is 0.384 e. The molecular weight excluding hydrogens is 228 g/mol. The molecule has 3 unspecified atom stereocenters. The maximum absolute atomic E-state index is 6.13. The maximum Gasteiger partial charge on any atom is 0.0590 e. The minimum Gasteiger partial charge on any atom is -0.384 e. The Kier molecular flexibility index (Phi) is 5.01. The second kappa shape index (κ2) is 6.33. The number of hydrogen-bond acceptors (Lipinski definition) is 4. The molecule has 0 spiro atoms. The first-order chi connectivity index (χ1) is 8.74. The minimum absolute atomic E-state index is 0.182. The highest BCUT2D eigenvalue weighted by Crippen LogP contribution is 2.35. The molecule has 106 valence electrons. The molecule has 0 aromatic carbocycles. The summed E-state index contributed by atoms with van der Waals surface area (Å²) in [5.74, 6) is 0.682. The van der Waals surface area contributed by atoms with Gasteiger partial charge in [0.15, 0.2) is 0 Å². The van der Waals surface area contributed by atoms with Crippen LogP contribution in [0.5, 0.6) is 0 Å². The maximum atomic E-state index is 6.13. The number of hydrogen-bond donors (Lipinski definition) is 1.